The second-order valence-corrected chi connectivity index (χ2v) is 7.34. The van der Waals surface area contributed by atoms with Gasteiger partial charge in [-0.1, -0.05) is 12.1 Å². The van der Waals surface area contributed by atoms with Gasteiger partial charge in [0.2, 0.25) is 5.91 Å². The zero-order valence-corrected chi connectivity index (χ0v) is 17.3. The van der Waals surface area contributed by atoms with Crippen LogP contribution in [0.5, 0.6) is 5.75 Å². The Balaban J connectivity index is 1.78. The number of methoxy groups -OCH3 is 2. The van der Waals surface area contributed by atoms with Gasteiger partial charge in [-0.3, -0.25) is 9.59 Å². The molecule has 2 aromatic rings. The summed E-state index contributed by atoms with van der Waals surface area (Å²) in [5.74, 6) is -0.702. The van der Waals surface area contributed by atoms with E-state index in [0.717, 1.165) is 5.56 Å². The van der Waals surface area contributed by atoms with Crippen molar-refractivity contribution in [2.45, 2.75) is 12.3 Å². The van der Waals surface area contributed by atoms with Crippen molar-refractivity contribution in [1.82, 2.24) is 10.2 Å². The third-order valence-corrected chi connectivity index (χ3v) is 5.38. The van der Waals surface area contributed by atoms with E-state index >= 15 is 0 Å². The monoisotopic (exact) mass is 414 g/mol. The fraction of sp³-hybridized carbons (Fsp3) is 0.391. The molecule has 1 heterocycles. The summed E-state index contributed by atoms with van der Waals surface area (Å²) in [4.78, 5) is 27.5. The first kappa shape index (κ1) is 21.8. The molecule has 1 N–H and O–H groups in total. The number of carbonyl (C=O) groups is 2. The van der Waals surface area contributed by atoms with Gasteiger partial charge in [-0.05, 0) is 48.4 Å². The Kier molecular flexibility index (Phi) is 7.41. The molecule has 2 atom stereocenters. The molecule has 0 radical (unpaired) electrons. The second kappa shape index (κ2) is 10.2. The molecule has 1 saturated heterocycles. The lowest BCUT2D eigenvalue weighted by molar-refractivity contribution is -0.124. The van der Waals surface area contributed by atoms with Gasteiger partial charge in [0.15, 0.2) is 0 Å². The van der Waals surface area contributed by atoms with Crippen molar-refractivity contribution in [2.75, 3.05) is 40.5 Å². The fourth-order valence-electron chi connectivity index (χ4n) is 3.79. The van der Waals surface area contributed by atoms with Gasteiger partial charge in [0.05, 0.1) is 13.0 Å². The van der Waals surface area contributed by atoms with Gasteiger partial charge in [0.25, 0.3) is 5.91 Å². The Bertz CT molecular complexity index is 872. The Morgan fingerprint density at radius 3 is 2.57 bits per heavy atom. The summed E-state index contributed by atoms with van der Waals surface area (Å²) in [5.41, 5.74) is 1.24. The van der Waals surface area contributed by atoms with E-state index in [2.05, 4.69) is 5.32 Å². The highest BCUT2D eigenvalue weighted by atomic mass is 19.1. The number of hydrogen-bond donors (Lipinski definition) is 1. The lowest BCUT2D eigenvalue weighted by atomic mass is 9.88. The molecule has 7 heteroatoms. The van der Waals surface area contributed by atoms with Gasteiger partial charge in [-0.2, -0.15) is 0 Å². The molecule has 0 spiro atoms. The number of rotatable bonds is 8. The summed E-state index contributed by atoms with van der Waals surface area (Å²) in [6, 6.07) is 13.1. The quantitative estimate of drug-likeness (QED) is 0.675. The number of benzene rings is 2. The summed E-state index contributed by atoms with van der Waals surface area (Å²) < 4.78 is 24.0. The molecule has 3 rings (SSSR count). The van der Waals surface area contributed by atoms with E-state index in [-0.39, 0.29) is 30.1 Å². The van der Waals surface area contributed by atoms with Gasteiger partial charge >= 0.3 is 0 Å². The molecule has 0 aromatic heterocycles. The first-order valence-electron chi connectivity index (χ1n) is 9.99. The number of likely N-dealkylation sites (tertiary alicyclic amines) is 1. The van der Waals surface area contributed by atoms with Crippen LogP contribution in [0.1, 0.15) is 28.3 Å². The van der Waals surface area contributed by atoms with Gasteiger partial charge in [-0.25, -0.2) is 4.39 Å². The van der Waals surface area contributed by atoms with E-state index in [9.17, 15) is 14.0 Å². The van der Waals surface area contributed by atoms with E-state index in [4.69, 9.17) is 9.47 Å². The fourth-order valence-corrected chi connectivity index (χ4v) is 3.79. The van der Waals surface area contributed by atoms with Gasteiger partial charge < -0.3 is 19.7 Å². The normalized spacial score (nSPS) is 18.3. The number of hydrogen-bond acceptors (Lipinski definition) is 4. The predicted molar refractivity (Wildman–Crippen MR) is 111 cm³/mol. The second-order valence-electron chi connectivity index (χ2n) is 7.34. The van der Waals surface area contributed by atoms with Gasteiger partial charge in [0, 0.05) is 44.8 Å². The average Bonchev–Trinajstić information content (AvgIpc) is 3.22. The van der Waals surface area contributed by atoms with Crippen LogP contribution in [0, 0.1) is 11.7 Å². The van der Waals surface area contributed by atoms with E-state index in [0.29, 0.717) is 37.4 Å². The van der Waals surface area contributed by atoms with Crippen molar-refractivity contribution in [3.05, 3.63) is 65.5 Å². The smallest absolute Gasteiger partial charge is 0.253 e. The molecule has 2 amide bonds. The van der Waals surface area contributed by atoms with Crippen LogP contribution in [0.3, 0.4) is 0 Å². The van der Waals surface area contributed by atoms with Crippen LogP contribution in [-0.2, 0) is 9.53 Å². The predicted octanol–water partition coefficient (Wildman–Crippen LogP) is 2.84. The molecule has 1 aliphatic heterocycles. The topological polar surface area (TPSA) is 67.9 Å². The van der Waals surface area contributed by atoms with Crippen molar-refractivity contribution in [3.63, 3.8) is 0 Å². The van der Waals surface area contributed by atoms with Crippen molar-refractivity contribution < 1.29 is 23.5 Å². The number of amides is 2. The summed E-state index contributed by atoms with van der Waals surface area (Å²) in [6.07, 6.45) is 0.702. The van der Waals surface area contributed by atoms with Crippen molar-refractivity contribution >= 4 is 11.8 Å². The number of ether oxygens (including phenoxy) is 2. The molecular formula is C23H27FN2O4. The Hall–Kier alpha value is -2.93. The third kappa shape index (κ3) is 5.16. The number of halogens is 1. The van der Waals surface area contributed by atoms with Crippen LogP contribution in [-0.4, -0.2) is 57.2 Å². The average molecular weight is 414 g/mol. The van der Waals surface area contributed by atoms with E-state index < -0.39 is 5.92 Å². The Morgan fingerprint density at radius 1 is 1.13 bits per heavy atom. The van der Waals surface area contributed by atoms with Crippen molar-refractivity contribution in [1.29, 1.82) is 0 Å². The van der Waals surface area contributed by atoms with Crippen LogP contribution in [0.4, 0.5) is 4.39 Å². The first-order chi connectivity index (χ1) is 14.5. The standard InChI is InChI=1S/C23H27FN2O4/c1-29-12-4-11-25-22(27)21-15-26(14-20(21)17-5-3-6-18(24)13-17)23(28)16-7-9-19(30-2)10-8-16/h3,5-10,13,20-21H,4,11-12,14-15H2,1-2H3,(H,25,27)/t20-,21+/m1/s1. The Labute approximate surface area is 176 Å². The molecular weight excluding hydrogens is 387 g/mol. The molecule has 1 aliphatic rings. The largest absolute Gasteiger partial charge is 0.497 e. The highest BCUT2D eigenvalue weighted by Gasteiger charge is 2.40. The maximum Gasteiger partial charge on any atom is 0.253 e. The summed E-state index contributed by atoms with van der Waals surface area (Å²) in [6.45, 7) is 1.68. The SMILES string of the molecule is COCCCNC(=O)[C@H]1CN(C(=O)c2ccc(OC)cc2)C[C@@H]1c1cccc(F)c1. The summed E-state index contributed by atoms with van der Waals surface area (Å²) >= 11 is 0. The lowest BCUT2D eigenvalue weighted by Gasteiger charge is -2.18. The van der Waals surface area contributed by atoms with E-state index in [1.165, 1.54) is 12.1 Å². The Morgan fingerprint density at radius 2 is 1.90 bits per heavy atom. The summed E-state index contributed by atoms with van der Waals surface area (Å²) in [7, 11) is 3.18. The van der Waals surface area contributed by atoms with Crippen LogP contribution in [0.15, 0.2) is 48.5 Å². The van der Waals surface area contributed by atoms with E-state index in [1.54, 1.807) is 55.5 Å². The third-order valence-electron chi connectivity index (χ3n) is 5.38. The minimum absolute atomic E-state index is 0.134. The lowest BCUT2D eigenvalue weighted by Crippen LogP contribution is -2.36. The molecule has 0 aliphatic carbocycles. The first-order valence-corrected chi connectivity index (χ1v) is 9.99. The molecule has 30 heavy (non-hydrogen) atoms. The van der Waals surface area contributed by atoms with Crippen molar-refractivity contribution in [2.24, 2.45) is 5.92 Å². The molecule has 0 bridgehead atoms. The molecule has 2 aromatic carbocycles. The minimum atomic E-state index is -0.448. The maximum atomic E-state index is 13.8. The molecule has 6 nitrogen and oxygen atoms in total. The maximum absolute atomic E-state index is 13.8. The van der Waals surface area contributed by atoms with Gasteiger partial charge in [-0.15, -0.1) is 0 Å². The van der Waals surface area contributed by atoms with Crippen LogP contribution in [0.2, 0.25) is 0 Å². The van der Waals surface area contributed by atoms with E-state index in [1.807, 2.05) is 0 Å². The number of nitrogens with one attached hydrogen (secondary N) is 1. The van der Waals surface area contributed by atoms with Crippen LogP contribution in [0.25, 0.3) is 0 Å². The summed E-state index contributed by atoms with van der Waals surface area (Å²) in [5, 5.41) is 2.92. The zero-order valence-electron chi connectivity index (χ0n) is 17.3. The van der Waals surface area contributed by atoms with Gasteiger partial charge in [0.1, 0.15) is 11.6 Å². The molecule has 1 fully saturated rings. The molecule has 0 saturated carbocycles. The molecule has 160 valence electrons. The highest BCUT2D eigenvalue weighted by molar-refractivity contribution is 5.95. The van der Waals surface area contributed by atoms with Crippen molar-refractivity contribution in [3.8, 4) is 5.75 Å². The van der Waals surface area contributed by atoms with Crippen LogP contribution >= 0.6 is 0 Å². The molecule has 0 unspecified atom stereocenters. The number of carbonyl (C=O) groups excluding carboxylic acids is 2. The zero-order chi connectivity index (χ0) is 21.5. The highest BCUT2D eigenvalue weighted by Crippen LogP contribution is 2.34. The number of nitrogens with zero attached hydrogens (tertiary/aromatic N) is 1. The minimum Gasteiger partial charge on any atom is -0.497 e. The van der Waals surface area contributed by atoms with Crippen LogP contribution < -0.4 is 10.1 Å².